The van der Waals surface area contributed by atoms with Crippen LogP contribution in [0.4, 0.5) is 0 Å². The van der Waals surface area contributed by atoms with Gasteiger partial charge in [0.2, 0.25) is 5.78 Å². The average molecular weight is 1810 g/mol. The van der Waals surface area contributed by atoms with Crippen LogP contribution in [0.3, 0.4) is 0 Å². The Hall–Kier alpha value is -15.3. The summed E-state index contributed by atoms with van der Waals surface area (Å²) in [5.41, 5.74) is 47.8. The number of fused-ring (bicyclic) bond motifs is 6. The number of allylic oxidation sites excluding steroid dienone is 6. The van der Waals surface area contributed by atoms with Crippen LogP contribution in [0.5, 0.6) is 23.0 Å². The number of nitrogens with zero attached hydrogens (tertiary/aromatic N) is 12. The molecule has 0 saturated heterocycles. The topological polar surface area (TPSA) is 615 Å². The first kappa shape index (κ1) is 87.0. The molecule has 38 nitrogen and oxygen atoms in total. The average Bonchev–Trinajstić information content (AvgIpc) is 0.736. The molecule has 0 aromatic heterocycles. The number of hydrogen-bond donors (Lipinski definition) is 0. The van der Waals surface area contributed by atoms with E-state index in [0.717, 1.165) is 176 Å². The lowest BCUT2D eigenvalue weighted by Gasteiger charge is -2.32. The number of Topliss-reactive ketones (excluding diaryl/α,β-unsaturated/α-hetero) is 8. The molecule has 0 bridgehead atoms. The number of carbonyl (C=O) groups excluding carboxylic acids is 8. The molecule has 0 aliphatic heterocycles. The second-order valence-corrected chi connectivity index (χ2v) is 36.6. The van der Waals surface area contributed by atoms with Crippen LogP contribution in [-0.2, 0) is 69.1 Å². The smallest absolute Gasteiger partial charge is 0.362 e. The van der Waals surface area contributed by atoms with Crippen LogP contribution in [0.25, 0.3) is 69.6 Å². The van der Waals surface area contributed by atoms with Gasteiger partial charge in [0, 0.05) is 128 Å². The highest BCUT2D eigenvalue weighted by atomic mass is 32.2. The van der Waals surface area contributed by atoms with E-state index in [1.54, 1.807) is 0 Å². The summed E-state index contributed by atoms with van der Waals surface area (Å²) in [4.78, 5) is 124. The molecule has 126 heavy (non-hydrogen) atoms. The van der Waals surface area contributed by atoms with Crippen molar-refractivity contribution >= 4 is 178 Å². The maximum Gasteiger partial charge on any atom is 0.362 e. The van der Waals surface area contributed by atoms with Gasteiger partial charge in [0.1, 0.15) is 40.9 Å². The van der Waals surface area contributed by atoms with E-state index < -0.39 is 263 Å². The predicted molar refractivity (Wildman–Crippen MR) is 435 cm³/mol. The van der Waals surface area contributed by atoms with Gasteiger partial charge < -0.3 is 49.9 Å². The van der Waals surface area contributed by atoms with Crippen LogP contribution in [0, 0.1) is 0 Å². The van der Waals surface area contributed by atoms with E-state index >= 15 is 30.0 Å². The van der Waals surface area contributed by atoms with Crippen molar-refractivity contribution < 1.29 is 143 Å². The minimum absolute atomic E-state index is 0.0848. The first-order valence-electron chi connectivity index (χ1n) is 36.5. The minimum Gasteiger partial charge on any atom is -0.379 e. The molecule has 0 amide bonds. The Morgan fingerprint density at radius 2 is 0.532 bits per heavy atom. The Balaban J connectivity index is 0.851. The third-order valence-corrected chi connectivity index (χ3v) is 27.9. The number of benzene rings is 8. The van der Waals surface area contributed by atoms with Gasteiger partial charge in [-0.3, -0.25) is 38.4 Å². The van der Waals surface area contributed by atoms with E-state index in [1.807, 2.05) is 0 Å². The minimum atomic E-state index is -5.99. The molecular formula is C82H50N12O26S6. The van der Waals surface area contributed by atoms with Gasteiger partial charge in [0.25, 0.3) is 40.5 Å². The third kappa shape index (κ3) is 16.3. The molecule has 8 aromatic rings. The van der Waals surface area contributed by atoms with Gasteiger partial charge in [0.05, 0.1) is 11.1 Å². The number of rotatable bonds is 29. The first-order valence-corrected chi connectivity index (χ1v) is 44.9. The molecule has 0 saturated carbocycles. The zero-order valence-corrected chi connectivity index (χ0v) is 68.6. The highest BCUT2D eigenvalue weighted by Crippen LogP contribution is 2.44. The summed E-state index contributed by atoms with van der Waals surface area (Å²) < 4.78 is 214. The summed E-state index contributed by atoms with van der Waals surface area (Å²) in [5, 5.41) is 0. The molecule has 630 valence electrons. The number of ketones is 8. The van der Waals surface area contributed by atoms with Crippen molar-refractivity contribution in [2.45, 2.75) is 80.1 Å². The maximum absolute atomic E-state index is 16.7. The molecule has 8 aromatic carbocycles. The van der Waals surface area contributed by atoms with Crippen LogP contribution in [-0.4, -0.2) is 166 Å². The number of unbranched alkanes of at least 4 members (excludes halogenated alkanes) is 4. The fourth-order valence-electron chi connectivity index (χ4n) is 14.1. The van der Waals surface area contributed by atoms with E-state index in [4.69, 9.17) is 25.1 Å². The Bertz CT molecular complexity index is 7570. The van der Waals surface area contributed by atoms with Gasteiger partial charge in [-0.15, -0.1) is 0 Å². The lowest BCUT2D eigenvalue weighted by atomic mass is 9.95. The standard InChI is InChI=1S/C82H50N12O26S6/c83-89-60-35-29-46-52(75(60)96)12-6-19-69(46)121(103,104)115-44-25-27-58(67(42-44)117-123(107,108)71-21-8-14-54-48(71)31-37-62(91-85)77(54)98)66(95)18-4-2-1-3-5-41-82(119-125(111,112)73-23-10-16-56-50(73)33-39-64(93-87)79(56)100,120-126(113,114)74-24-11-17-57-51(74)34-40-65(94-88)80(57)101)81(102)59-28-26-45(116-122(105,106)70-20-7-13-53-47(70)30-36-61(90-84)76(53)97)43-68(59)118-124(109,110)72-22-9-15-55-49(72)32-38-63(92-86)78(55)99/h6-17,19-40,42-43H,1-5,18,41H2. The largest absolute Gasteiger partial charge is 0.379 e. The highest BCUT2D eigenvalue weighted by molar-refractivity contribution is 7.88. The second kappa shape index (κ2) is 33.8. The number of carbonyl (C=O) groups is 8. The summed E-state index contributed by atoms with van der Waals surface area (Å²) in [7, 11) is -33.2. The molecule has 6 aliphatic rings. The number of hydrogen-bond acceptors (Lipinski definition) is 26. The SMILES string of the molecule is [N-]=[N+]=C1C=Cc2c(cccc2S(=O)(=O)Oc2ccc(C(=O)CCCCCCCC(OS(=O)(=O)c3cccc4c3C=CC(=[N+]=[N-])C4=O)(OS(=O)(=O)c3cccc4c3C=CC(=[N+]=[N-])C4=O)C(=O)c3ccc(OS(=O)(=O)c4cccc5c4C=CC(=[N+]=[N-])C5=O)cc3OS(=O)(=O)c3cccc4c3C=CC(=[N+]=[N-])C4=O)c(OS(=O)(=O)c3cccc4c3C=CC(=[N+]=[N-])C4=O)c2)C1=O. The molecule has 14 rings (SSSR count). The van der Waals surface area contributed by atoms with Crippen molar-refractivity contribution in [1.82, 2.24) is 0 Å². The monoisotopic (exact) mass is 1810 g/mol. The predicted octanol–water partition coefficient (Wildman–Crippen LogP) is 9.34. The van der Waals surface area contributed by atoms with E-state index in [-0.39, 0.29) is 59.1 Å². The van der Waals surface area contributed by atoms with Crippen LogP contribution in [0.15, 0.2) is 211 Å². The van der Waals surface area contributed by atoms with Crippen molar-refractivity contribution in [3.05, 3.63) is 293 Å². The quantitative estimate of drug-likeness (QED) is 0.0105. The van der Waals surface area contributed by atoms with Gasteiger partial charge in [-0.1, -0.05) is 92.1 Å². The van der Waals surface area contributed by atoms with Gasteiger partial charge in [0.15, 0.2) is 17.3 Å². The highest BCUT2D eigenvalue weighted by Gasteiger charge is 2.53. The van der Waals surface area contributed by atoms with E-state index in [9.17, 15) is 92.0 Å². The van der Waals surface area contributed by atoms with Crippen molar-refractivity contribution in [2.75, 3.05) is 0 Å². The summed E-state index contributed by atoms with van der Waals surface area (Å²) in [5.74, 6) is -16.9. The summed E-state index contributed by atoms with van der Waals surface area (Å²) in [6.45, 7) is 0. The Labute approximate surface area is 712 Å². The van der Waals surface area contributed by atoms with Crippen molar-refractivity contribution in [2.24, 2.45) is 0 Å². The Morgan fingerprint density at radius 3 is 0.817 bits per heavy atom. The van der Waals surface area contributed by atoms with Crippen molar-refractivity contribution in [1.29, 1.82) is 0 Å². The van der Waals surface area contributed by atoms with E-state index in [0.29, 0.717) is 18.2 Å². The Morgan fingerprint density at radius 1 is 0.286 bits per heavy atom. The molecule has 0 unspecified atom stereocenters. The summed E-state index contributed by atoms with van der Waals surface area (Å²) in [6, 6.07) is 23.0. The molecule has 0 spiro atoms. The zero-order chi connectivity index (χ0) is 90.3. The van der Waals surface area contributed by atoms with Crippen molar-refractivity contribution in [3.63, 3.8) is 0 Å². The molecule has 0 fully saturated rings. The summed E-state index contributed by atoms with van der Waals surface area (Å²) in [6.07, 6.45) is 8.58. The lowest BCUT2D eigenvalue weighted by molar-refractivity contribution is -0.0781. The second-order valence-electron chi connectivity index (χ2n) is 27.5. The molecule has 0 heterocycles. The van der Waals surface area contributed by atoms with Gasteiger partial charge in [-0.2, -0.15) is 79.2 Å². The van der Waals surface area contributed by atoms with Crippen LogP contribution in [0.1, 0.15) is 161 Å². The van der Waals surface area contributed by atoms with Crippen LogP contribution >= 0.6 is 0 Å². The van der Waals surface area contributed by atoms with Gasteiger partial charge in [-0.05, 0) is 110 Å². The van der Waals surface area contributed by atoms with Crippen molar-refractivity contribution in [3.8, 4) is 23.0 Å². The van der Waals surface area contributed by atoms with Crippen LogP contribution < -0.4 is 16.7 Å². The lowest BCUT2D eigenvalue weighted by Crippen LogP contribution is -2.48. The molecule has 0 radical (unpaired) electrons. The molecule has 44 heteroatoms. The Kier molecular flexibility index (Phi) is 23.4. The zero-order valence-electron chi connectivity index (χ0n) is 63.7. The fourth-order valence-corrected chi connectivity index (χ4v) is 21.4. The third-order valence-electron chi connectivity index (χ3n) is 20.0. The van der Waals surface area contributed by atoms with Gasteiger partial charge in [-0.25, -0.2) is 8.37 Å². The molecule has 0 N–H and O–H groups in total. The first-order chi connectivity index (χ1) is 60.0. The molecule has 6 aliphatic carbocycles. The van der Waals surface area contributed by atoms with E-state index in [2.05, 4.69) is 28.7 Å². The molecule has 0 atom stereocenters. The van der Waals surface area contributed by atoms with Gasteiger partial charge >= 0.3 is 95.0 Å². The molecular weight excluding hydrogens is 1760 g/mol. The van der Waals surface area contributed by atoms with Crippen LogP contribution in [0.2, 0.25) is 0 Å². The van der Waals surface area contributed by atoms with E-state index in [1.165, 1.54) is 24.3 Å². The normalized spacial score (nSPS) is 15.0. The maximum atomic E-state index is 16.7. The fraction of sp³-hybridized carbons (Fsp3) is 0.0976. The summed E-state index contributed by atoms with van der Waals surface area (Å²) >= 11 is 0.